The summed E-state index contributed by atoms with van der Waals surface area (Å²) in [4.78, 5) is 23.4. The smallest absolute Gasteiger partial charge is 0.251 e. The van der Waals surface area contributed by atoms with Crippen LogP contribution in [0.25, 0.3) is 21.7 Å². The molecule has 1 heterocycles. The van der Waals surface area contributed by atoms with E-state index in [4.69, 9.17) is 0 Å². The first-order chi connectivity index (χ1) is 12.7. The summed E-state index contributed by atoms with van der Waals surface area (Å²) in [6, 6.07) is 20.0. The van der Waals surface area contributed by atoms with Gasteiger partial charge in [0.1, 0.15) is 0 Å². The predicted octanol–water partition coefficient (Wildman–Crippen LogP) is 4.01. The Morgan fingerprint density at radius 2 is 1.85 bits per heavy atom. The van der Waals surface area contributed by atoms with E-state index in [1.165, 1.54) is 10.8 Å². The molecule has 4 nitrogen and oxygen atoms in total. The maximum absolute atomic E-state index is 12.0. The Morgan fingerprint density at radius 3 is 2.62 bits per heavy atom. The van der Waals surface area contributed by atoms with Crippen LogP contribution in [0.15, 0.2) is 66.9 Å². The fourth-order valence-electron chi connectivity index (χ4n) is 3.36. The lowest BCUT2D eigenvalue weighted by Crippen LogP contribution is -2.17. The molecular formula is C22H18N2O2. The molecule has 0 aliphatic carbocycles. The Balaban J connectivity index is 1.81. The third-order valence-electron chi connectivity index (χ3n) is 4.70. The number of nitrogens with one attached hydrogen (secondary N) is 1. The summed E-state index contributed by atoms with van der Waals surface area (Å²) in [5.74, 6) is -0.141. The minimum atomic E-state index is -0.141. The molecule has 0 unspecified atom stereocenters. The van der Waals surface area contributed by atoms with Crippen LogP contribution in [0.2, 0.25) is 0 Å². The van der Waals surface area contributed by atoms with Crippen LogP contribution in [0, 0.1) is 0 Å². The highest BCUT2D eigenvalue weighted by molar-refractivity contribution is 6.02. The summed E-state index contributed by atoms with van der Waals surface area (Å²) in [7, 11) is 1.61. The van der Waals surface area contributed by atoms with Crippen LogP contribution in [0.4, 0.5) is 0 Å². The van der Waals surface area contributed by atoms with Crippen molar-refractivity contribution >= 4 is 33.9 Å². The molecule has 128 valence electrons. The van der Waals surface area contributed by atoms with Crippen LogP contribution < -0.4 is 5.32 Å². The maximum Gasteiger partial charge on any atom is 0.251 e. The van der Waals surface area contributed by atoms with Crippen LogP contribution in [-0.4, -0.2) is 23.8 Å². The Morgan fingerprint density at radius 1 is 1.04 bits per heavy atom. The van der Waals surface area contributed by atoms with Crippen LogP contribution in [0.3, 0.4) is 0 Å². The van der Waals surface area contributed by atoms with Gasteiger partial charge in [-0.15, -0.1) is 0 Å². The van der Waals surface area contributed by atoms with Crippen molar-refractivity contribution in [2.75, 3.05) is 7.05 Å². The molecule has 0 saturated carbocycles. The Labute approximate surface area is 151 Å². The van der Waals surface area contributed by atoms with Crippen molar-refractivity contribution < 1.29 is 9.59 Å². The molecule has 4 rings (SSSR count). The number of rotatable bonds is 4. The summed E-state index contributed by atoms with van der Waals surface area (Å²) in [6.45, 7) is 0.631. The first-order valence-corrected chi connectivity index (χ1v) is 8.47. The van der Waals surface area contributed by atoms with Gasteiger partial charge in [0.15, 0.2) is 6.29 Å². The number of carbonyl (C=O) groups excluding carboxylic acids is 2. The van der Waals surface area contributed by atoms with Gasteiger partial charge in [-0.05, 0) is 34.5 Å². The monoisotopic (exact) mass is 342 g/mol. The fraction of sp³-hybridized carbons (Fsp3) is 0.0909. The van der Waals surface area contributed by atoms with Crippen molar-refractivity contribution in [3.8, 4) is 0 Å². The topological polar surface area (TPSA) is 51.1 Å². The molecule has 0 aliphatic rings. The van der Waals surface area contributed by atoms with Gasteiger partial charge in [-0.3, -0.25) is 9.59 Å². The second-order valence-electron chi connectivity index (χ2n) is 6.32. The Kier molecular flexibility index (Phi) is 4.01. The normalized spacial score (nSPS) is 11.0. The number of amides is 1. The van der Waals surface area contributed by atoms with Crippen LogP contribution >= 0.6 is 0 Å². The first kappa shape index (κ1) is 16.1. The lowest BCUT2D eigenvalue weighted by atomic mass is 10.1. The summed E-state index contributed by atoms with van der Waals surface area (Å²) in [5.41, 5.74) is 3.23. The molecule has 1 N–H and O–H groups in total. The molecule has 0 fully saturated rings. The van der Waals surface area contributed by atoms with Gasteiger partial charge in [-0.25, -0.2) is 0 Å². The van der Waals surface area contributed by atoms with Gasteiger partial charge in [0.2, 0.25) is 0 Å². The molecular weight excluding hydrogens is 324 g/mol. The standard InChI is InChI=1S/C22H18N2O2/c1-23-22(26)18-8-9-20-19(14-25)13-24(21(20)11-18)12-15-6-7-16-4-2-3-5-17(16)10-15/h2-11,13-14H,12H2,1H3,(H,23,26). The molecule has 0 spiro atoms. The van der Waals surface area contributed by atoms with E-state index in [0.717, 1.165) is 22.8 Å². The molecule has 4 aromatic rings. The second kappa shape index (κ2) is 6.48. The third kappa shape index (κ3) is 2.75. The highest BCUT2D eigenvalue weighted by Crippen LogP contribution is 2.24. The van der Waals surface area contributed by atoms with Crippen LogP contribution in [0.5, 0.6) is 0 Å². The average Bonchev–Trinajstić information content (AvgIpc) is 3.04. The fourth-order valence-corrected chi connectivity index (χ4v) is 3.36. The number of aldehydes is 1. The van der Waals surface area contributed by atoms with Gasteiger partial charge < -0.3 is 9.88 Å². The minimum absolute atomic E-state index is 0.141. The molecule has 26 heavy (non-hydrogen) atoms. The van der Waals surface area contributed by atoms with Gasteiger partial charge >= 0.3 is 0 Å². The molecule has 0 radical (unpaired) electrons. The molecule has 0 saturated heterocycles. The first-order valence-electron chi connectivity index (χ1n) is 8.47. The molecule has 1 aromatic heterocycles. The predicted molar refractivity (Wildman–Crippen MR) is 104 cm³/mol. The Hall–Kier alpha value is -3.40. The van der Waals surface area contributed by atoms with Gasteiger partial charge in [0, 0.05) is 41.8 Å². The molecule has 0 atom stereocenters. The van der Waals surface area contributed by atoms with Crippen molar-refractivity contribution in [2.24, 2.45) is 0 Å². The van der Waals surface area contributed by atoms with E-state index < -0.39 is 0 Å². The van der Waals surface area contributed by atoms with Gasteiger partial charge in [0.05, 0.1) is 0 Å². The largest absolute Gasteiger partial charge is 0.355 e. The molecule has 0 aliphatic heterocycles. The summed E-state index contributed by atoms with van der Waals surface area (Å²) in [5, 5.41) is 5.88. The van der Waals surface area contributed by atoms with Crippen LogP contribution in [0.1, 0.15) is 26.3 Å². The van der Waals surface area contributed by atoms with Crippen molar-refractivity contribution in [3.05, 3.63) is 83.6 Å². The zero-order valence-electron chi connectivity index (χ0n) is 14.4. The van der Waals surface area contributed by atoms with E-state index in [9.17, 15) is 9.59 Å². The maximum atomic E-state index is 12.0. The number of carbonyl (C=O) groups is 2. The summed E-state index contributed by atoms with van der Waals surface area (Å²) < 4.78 is 2.02. The highest BCUT2D eigenvalue weighted by Gasteiger charge is 2.12. The summed E-state index contributed by atoms with van der Waals surface area (Å²) in [6.07, 6.45) is 2.71. The van der Waals surface area contributed by atoms with Crippen molar-refractivity contribution in [3.63, 3.8) is 0 Å². The number of benzene rings is 3. The second-order valence-corrected chi connectivity index (χ2v) is 6.32. The van der Waals surface area contributed by atoms with Gasteiger partial charge in [0.25, 0.3) is 5.91 Å². The zero-order valence-corrected chi connectivity index (χ0v) is 14.4. The number of aromatic nitrogens is 1. The zero-order chi connectivity index (χ0) is 18.1. The average molecular weight is 342 g/mol. The van der Waals surface area contributed by atoms with E-state index in [-0.39, 0.29) is 5.91 Å². The molecule has 3 aromatic carbocycles. The number of nitrogens with zero attached hydrogens (tertiary/aromatic N) is 1. The molecule has 0 bridgehead atoms. The molecule has 1 amide bonds. The van der Waals surface area contributed by atoms with Gasteiger partial charge in [-0.2, -0.15) is 0 Å². The lowest BCUT2D eigenvalue weighted by molar-refractivity contribution is 0.0963. The van der Waals surface area contributed by atoms with Crippen LogP contribution in [-0.2, 0) is 6.54 Å². The Bertz CT molecular complexity index is 1140. The number of hydrogen-bond donors (Lipinski definition) is 1. The van der Waals surface area contributed by atoms with E-state index in [0.29, 0.717) is 17.7 Å². The van der Waals surface area contributed by atoms with Gasteiger partial charge in [-0.1, -0.05) is 42.5 Å². The third-order valence-corrected chi connectivity index (χ3v) is 4.70. The SMILES string of the molecule is CNC(=O)c1ccc2c(C=O)cn(Cc3ccc4ccccc4c3)c2c1. The van der Waals surface area contributed by atoms with Crippen molar-refractivity contribution in [1.82, 2.24) is 9.88 Å². The lowest BCUT2D eigenvalue weighted by Gasteiger charge is -2.08. The quantitative estimate of drug-likeness (QED) is 0.570. The van der Waals surface area contributed by atoms with E-state index in [1.54, 1.807) is 13.1 Å². The highest BCUT2D eigenvalue weighted by atomic mass is 16.1. The van der Waals surface area contributed by atoms with Crippen molar-refractivity contribution in [1.29, 1.82) is 0 Å². The van der Waals surface area contributed by atoms with E-state index in [2.05, 4.69) is 35.6 Å². The number of hydrogen-bond acceptors (Lipinski definition) is 2. The molecule has 4 heteroatoms. The summed E-state index contributed by atoms with van der Waals surface area (Å²) >= 11 is 0. The number of fused-ring (bicyclic) bond motifs is 2. The van der Waals surface area contributed by atoms with Crippen molar-refractivity contribution in [2.45, 2.75) is 6.54 Å². The van der Waals surface area contributed by atoms with E-state index in [1.807, 2.05) is 35.0 Å². The van der Waals surface area contributed by atoms with E-state index >= 15 is 0 Å². The minimum Gasteiger partial charge on any atom is -0.355 e.